The van der Waals surface area contributed by atoms with Crippen LogP contribution in [0.2, 0.25) is 0 Å². The lowest BCUT2D eigenvalue weighted by Gasteiger charge is -1.37. The molecule has 3 heteroatoms. The molecule has 0 N–H and O–H groups in total. The van der Waals surface area contributed by atoms with E-state index in [2.05, 4.69) is 9.78 Å². The molecule has 0 aliphatic carbocycles. The fourth-order valence-corrected chi connectivity index (χ4v) is 0.0630. The molecule has 2 nitrogen and oxygen atoms in total. The van der Waals surface area contributed by atoms with Gasteiger partial charge >= 0.3 is 0 Å². The normalized spacial score (nSPS) is 26.2. The molecular formula is CHClO2. The first-order valence-electron chi connectivity index (χ1n) is 0.856. The van der Waals surface area contributed by atoms with Crippen molar-refractivity contribution < 1.29 is 9.78 Å². The molecule has 1 heterocycles. The van der Waals surface area contributed by atoms with Gasteiger partial charge in [-0.15, -0.1) is 0 Å². The maximum absolute atomic E-state index is 4.94. The highest BCUT2D eigenvalue weighted by molar-refractivity contribution is 6.19. The molecule has 0 aromatic heterocycles. The monoisotopic (exact) mass is 80.0 g/mol. The summed E-state index contributed by atoms with van der Waals surface area (Å²) in [6, 6.07) is 0. The van der Waals surface area contributed by atoms with Crippen molar-refractivity contribution in [3.8, 4) is 0 Å². The Bertz CT molecular complexity index is 25.2. The molecule has 1 aliphatic heterocycles. The SMILES string of the molecule is ClC1OO1. The lowest BCUT2D eigenvalue weighted by molar-refractivity contribution is 0.0850. The highest BCUT2D eigenvalue weighted by Crippen LogP contribution is 2.14. The van der Waals surface area contributed by atoms with Gasteiger partial charge in [-0.1, -0.05) is 11.6 Å². The summed E-state index contributed by atoms with van der Waals surface area (Å²) < 4.78 is 0. The molecule has 4 heavy (non-hydrogen) atoms. The van der Waals surface area contributed by atoms with Gasteiger partial charge in [0.1, 0.15) is 0 Å². The van der Waals surface area contributed by atoms with Crippen LogP contribution in [0.1, 0.15) is 0 Å². The standard InChI is InChI=1S/CHClO2/c2-1-3-4-1/h1H. The summed E-state index contributed by atoms with van der Waals surface area (Å²) >= 11 is 4.94. The van der Waals surface area contributed by atoms with Crippen LogP contribution in [0.3, 0.4) is 0 Å². The first kappa shape index (κ1) is 2.45. The Morgan fingerprint density at radius 3 is 1.75 bits per heavy atom. The van der Waals surface area contributed by atoms with Gasteiger partial charge in [0.25, 0.3) is 5.75 Å². The van der Waals surface area contributed by atoms with Crippen LogP contribution >= 0.6 is 11.6 Å². The third kappa shape index (κ3) is 0.314. The van der Waals surface area contributed by atoms with Crippen LogP contribution in [0.25, 0.3) is 0 Å². The number of rotatable bonds is 0. The van der Waals surface area contributed by atoms with Crippen LogP contribution in [-0.4, -0.2) is 5.75 Å². The second-order valence-electron chi connectivity index (χ2n) is 0.467. The van der Waals surface area contributed by atoms with Crippen LogP contribution in [0.15, 0.2) is 0 Å². The molecule has 0 atom stereocenters. The van der Waals surface area contributed by atoms with Gasteiger partial charge in [0.15, 0.2) is 0 Å². The zero-order valence-electron chi connectivity index (χ0n) is 1.77. The number of hydrogen-bond donors (Lipinski definition) is 0. The second-order valence-corrected chi connectivity index (χ2v) is 0.823. The molecule has 0 spiro atoms. The fraction of sp³-hybridized carbons (Fsp3) is 1.00. The molecule has 0 aromatic carbocycles. The molecule has 0 radical (unpaired) electrons. The Balaban J connectivity index is 2.17. The largest absolute Gasteiger partial charge is 0.298 e. The zero-order valence-corrected chi connectivity index (χ0v) is 2.53. The summed E-state index contributed by atoms with van der Waals surface area (Å²) in [5, 5.41) is 0. The van der Waals surface area contributed by atoms with Crippen molar-refractivity contribution in [1.82, 2.24) is 0 Å². The molecule has 0 aromatic rings. The second kappa shape index (κ2) is 0.578. The summed E-state index contributed by atoms with van der Waals surface area (Å²) in [7, 11) is 0. The lowest BCUT2D eigenvalue weighted by Crippen LogP contribution is -1.49. The van der Waals surface area contributed by atoms with Gasteiger partial charge in [-0.25, -0.2) is 0 Å². The van der Waals surface area contributed by atoms with Gasteiger partial charge in [0.2, 0.25) is 0 Å². The van der Waals surface area contributed by atoms with Crippen molar-refractivity contribution in [3.05, 3.63) is 0 Å². The minimum Gasteiger partial charge on any atom is -0.180 e. The van der Waals surface area contributed by atoms with Crippen LogP contribution < -0.4 is 0 Å². The minimum absolute atomic E-state index is 0.444. The van der Waals surface area contributed by atoms with Crippen molar-refractivity contribution in [2.45, 2.75) is 5.75 Å². The highest BCUT2D eigenvalue weighted by Gasteiger charge is 2.20. The number of alkyl halides is 1. The molecule has 0 unspecified atom stereocenters. The summed E-state index contributed by atoms with van der Waals surface area (Å²) in [6.07, 6.45) is 0. The van der Waals surface area contributed by atoms with Gasteiger partial charge in [-0.2, -0.15) is 9.78 Å². The molecule has 1 aliphatic rings. The maximum atomic E-state index is 4.94. The van der Waals surface area contributed by atoms with Crippen molar-refractivity contribution >= 4 is 11.6 Å². The molecule has 24 valence electrons. The Kier molecular flexibility index (Phi) is 0.353. The van der Waals surface area contributed by atoms with Crippen molar-refractivity contribution in [3.63, 3.8) is 0 Å². The van der Waals surface area contributed by atoms with Crippen LogP contribution in [0, 0.1) is 0 Å². The first-order chi connectivity index (χ1) is 1.89. The highest BCUT2D eigenvalue weighted by atomic mass is 35.5. The van der Waals surface area contributed by atoms with Gasteiger partial charge < -0.3 is 0 Å². The van der Waals surface area contributed by atoms with E-state index >= 15 is 0 Å². The van der Waals surface area contributed by atoms with E-state index in [9.17, 15) is 0 Å². The average Bonchev–Trinajstić information content (AvgIpc) is 1.75. The quantitative estimate of drug-likeness (QED) is 0.240. The molecular weight excluding hydrogens is 79.5 g/mol. The predicted molar refractivity (Wildman–Crippen MR) is 11.8 cm³/mol. The Labute approximate surface area is 28.2 Å². The van der Waals surface area contributed by atoms with Gasteiger partial charge in [-0.3, -0.25) is 0 Å². The van der Waals surface area contributed by atoms with Crippen molar-refractivity contribution in [2.75, 3.05) is 0 Å². The van der Waals surface area contributed by atoms with Gasteiger partial charge in [-0.05, 0) is 0 Å². The van der Waals surface area contributed by atoms with E-state index in [1.165, 1.54) is 0 Å². The zero-order chi connectivity index (χ0) is 2.99. The molecule has 0 saturated carbocycles. The minimum atomic E-state index is -0.444. The summed E-state index contributed by atoms with van der Waals surface area (Å²) in [5.74, 6) is -0.444. The van der Waals surface area contributed by atoms with Crippen molar-refractivity contribution in [2.24, 2.45) is 0 Å². The Hall–Kier alpha value is 0.210. The van der Waals surface area contributed by atoms with Gasteiger partial charge in [0.05, 0.1) is 0 Å². The molecule has 1 rings (SSSR count). The van der Waals surface area contributed by atoms with Crippen LogP contribution in [0.5, 0.6) is 0 Å². The summed E-state index contributed by atoms with van der Waals surface area (Å²) in [6.45, 7) is 0. The van der Waals surface area contributed by atoms with Gasteiger partial charge in [0, 0.05) is 0 Å². The lowest BCUT2D eigenvalue weighted by atomic mass is 11.6. The third-order valence-corrected chi connectivity index (χ3v) is 0.314. The summed E-state index contributed by atoms with van der Waals surface area (Å²) in [4.78, 5) is 7.95. The van der Waals surface area contributed by atoms with Crippen molar-refractivity contribution in [1.29, 1.82) is 0 Å². The molecule has 0 bridgehead atoms. The Morgan fingerprint density at radius 1 is 1.50 bits per heavy atom. The maximum Gasteiger partial charge on any atom is 0.298 e. The first-order valence-corrected chi connectivity index (χ1v) is 1.29. The van der Waals surface area contributed by atoms with E-state index in [-0.39, 0.29) is 0 Å². The van der Waals surface area contributed by atoms with E-state index in [1.807, 2.05) is 0 Å². The third-order valence-electron chi connectivity index (χ3n) is 0.169. The molecule has 1 saturated heterocycles. The van der Waals surface area contributed by atoms with E-state index in [1.54, 1.807) is 0 Å². The van der Waals surface area contributed by atoms with Crippen LogP contribution in [0.4, 0.5) is 0 Å². The van der Waals surface area contributed by atoms with E-state index in [4.69, 9.17) is 11.6 Å². The number of halogens is 1. The average molecular weight is 80.5 g/mol. The predicted octanol–water partition coefficient (Wildman–Crippen LogP) is 0.471. The molecule has 0 amide bonds. The topological polar surface area (TPSA) is 25.1 Å². The van der Waals surface area contributed by atoms with Crippen LogP contribution in [-0.2, 0) is 9.78 Å². The van der Waals surface area contributed by atoms with E-state index in [0.717, 1.165) is 0 Å². The molecule has 1 fully saturated rings. The number of hydrogen-bond acceptors (Lipinski definition) is 2. The smallest absolute Gasteiger partial charge is 0.180 e. The van der Waals surface area contributed by atoms with E-state index in [0.29, 0.717) is 0 Å². The van der Waals surface area contributed by atoms with E-state index < -0.39 is 5.75 Å². The Morgan fingerprint density at radius 2 is 1.75 bits per heavy atom. The summed E-state index contributed by atoms with van der Waals surface area (Å²) in [5.41, 5.74) is 0. The fourth-order valence-electron chi connectivity index (χ4n) is 0.0210.